The molecule has 0 aromatic rings. The second-order valence-electron chi connectivity index (χ2n) is 8.84. The van der Waals surface area contributed by atoms with Crippen LogP contribution in [0.1, 0.15) is 90.4 Å². The Kier molecular flexibility index (Phi) is 18.9. The Labute approximate surface area is 211 Å². The quantitative estimate of drug-likeness (QED) is 0.126. The third-order valence-corrected chi connectivity index (χ3v) is 6.84. The topological polar surface area (TPSA) is 184 Å². The molecule has 0 radical (unpaired) electrons. The van der Waals surface area contributed by atoms with Crippen LogP contribution >= 0.6 is 11.8 Å². The van der Waals surface area contributed by atoms with Crippen molar-refractivity contribution in [3.05, 3.63) is 0 Å². The van der Waals surface area contributed by atoms with Crippen molar-refractivity contribution in [2.24, 2.45) is 11.7 Å². The molecule has 0 saturated heterocycles. The van der Waals surface area contributed by atoms with E-state index < -0.39 is 41.7 Å². The van der Waals surface area contributed by atoms with Gasteiger partial charge in [0.2, 0.25) is 5.91 Å². The lowest BCUT2D eigenvalue weighted by Crippen LogP contribution is -2.41. The number of nitrogens with one attached hydrogen (secondary N) is 1. The summed E-state index contributed by atoms with van der Waals surface area (Å²) < 4.78 is 0. The van der Waals surface area contributed by atoms with Crippen LogP contribution in [0.3, 0.4) is 0 Å². The fourth-order valence-corrected chi connectivity index (χ4v) is 4.51. The first-order valence-electron chi connectivity index (χ1n) is 12.4. The van der Waals surface area contributed by atoms with Crippen molar-refractivity contribution in [3.8, 4) is 0 Å². The molecule has 0 aliphatic rings. The van der Waals surface area contributed by atoms with Gasteiger partial charge in [0.05, 0.1) is 5.92 Å². The second kappa shape index (κ2) is 20.1. The number of Topliss-reactive ketones (excluding diaryl/α,β-unsaturated/α-hetero) is 1. The third kappa shape index (κ3) is 17.9. The predicted molar refractivity (Wildman–Crippen MR) is 134 cm³/mol. The van der Waals surface area contributed by atoms with Gasteiger partial charge in [-0.15, -0.1) is 0 Å². The highest BCUT2D eigenvalue weighted by molar-refractivity contribution is 7.99. The fraction of sp³-hybridized carbons (Fsp3) is 0.792. The molecule has 11 heteroatoms. The van der Waals surface area contributed by atoms with Gasteiger partial charge in [0.1, 0.15) is 17.9 Å². The van der Waals surface area contributed by atoms with E-state index in [0.29, 0.717) is 6.42 Å². The number of aliphatic carboxylic acids is 3. The number of amides is 1. The summed E-state index contributed by atoms with van der Waals surface area (Å²) in [4.78, 5) is 57.9. The summed E-state index contributed by atoms with van der Waals surface area (Å²) in [7, 11) is 0. The molecule has 35 heavy (non-hydrogen) atoms. The van der Waals surface area contributed by atoms with Crippen LogP contribution in [0.25, 0.3) is 0 Å². The molecule has 0 unspecified atom stereocenters. The molecular formula is C24H42N2O8S. The first-order chi connectivity index (χ1) is 16.6. The van der Waals surface area contributed by atoms with E-state index in [9.17, 15) is 34.2 Å². The highest BCUT2D eigenvalue weighted by Crippen LogP contribution is 2.16. The molecule has 0 aromatic carbocycles. The van der Waals surface area contributed by atoms with Crippen LogP contribution < -0.4 is 11.1 Å². The number of carbonyl (C=O) groups excluding carboxylic acids is 2. The molecule has 0 aromatic heterocycles. The zero-order chi connectivity index (χ0) is 26.6. The van der Waals surface area contributed by atoms with Crippen molar-refractivity contribution in [2.75, 3.05) is 11.5 Å². The lowest BCUT2D eigenvalue weighted by atomic mass is 10.00. The molecule has 0 saturated carbocycles. The predicted octanol–water partition coefficient (Wildman–Crippen LogP) is 3.06. The average Bonchev–Trinajstić information content (AvgIpc) is 2.79. The van der Waals surface area contributed by atoms with E-state index >= 15 is 0 Å². The number of unbranched alkanes of at least 4 members (excludes halogenated alkanes) is 8. The van der Waals surface area contributed by atoms with Crippen LogP contribution in [0.5, 0.6) is 0 Å². The third-order valence-electron chi connectivity index (χ3n) is 5.61. The highest BCUT2D eigenvalue weighted by Gasteiger charge is 2.25. The Hall–Kier alpha value is -2.14. The molecule has 0 heterocycles. The normalized spacial score (nSPS) is 13.5. The van der Waals surface area contributed by atoms with E-state index in [1.807, 2.05) is 0 Å². The number of thioether (sulfide) groups is 1. The zero-order valence-electron chi connectivity index (χ0n) is 20.7. The summed E-state index contributed by atoms with van der Waals surface area (Å²) in [5, 5.41) is 29.9. The monoisotopic (exact) mass is 518 g/mol. The van der Waals surface area contributed by atoms with E-state index in [4.69, 9.17) is 10.8 Å². The summed E-state index contributed by atoms with van der Waals surface area (Å²) >= 11 is 1.03. The molecule has 3 atom stereocenters. The maximum atomic E-state index is 12.2. The minimum Gasteiger partial charge on any atom is -0.481 e. The summed E-state index contributed by atoms with van der Waals surface area (Å²) in [5.41, 5.74) is 5.38. The van der Waals surface area contributed by atoms with Gasteiger partial charge in [-0.3, -0.25) is 19.2 Å². The van der Waals surface area contributed by atoms with Gasteiger partial charge in [0.25, 0.3) is 0 Å². The molecule has 0 aliphatic carbocycles. The molecule has 0 spiro atoms. The summed E-state index contributed by atoms with van der Waals surface area (Å²) in [5.74, 6) is -5.44. The molecule has 1 amide bonds. The van der Waals surface area contributed by atoms with Crippen LogP contribution in [0.4, 0.5) is 0 Å². The Morgan fingerprint density at radius 1 is 0.771 bits per heavy atom. The van der Waals surface area contributed by atoms with E-state index in [1.54, 1.807) is 0 Å². The molecule has 6 N–H and O–H groups in total. The van der Waals surface area contributed by atoms with Crippen LogP contribution in [0.15, 0.2) is 0 Å². The average molecular weight is 519 g/mol. The van der Waals surface area contributed by atoms with Gasteiger partial charge in [-0.1, -0.05) is 58.3 Å². The fourth-order valence-electron chi connectivity index (χ4n) is 3.43. The molecular weight excluding hydrogens is 476 g/mol. The standard InChI is InChI=1S/C24H42N2O8S/c1-2-3-4-5-6-7-8-9-10-11-21(28)26-20(24(33)34)13-12-18(27)14-17(22(29)30)15-35-16-19(25)23(31)32/h17,19-20H,2-16,25H2,1H3,(H,26,28)(H,29,30)(H,31,32)(H,33,34)/t17-,19+,20-/m1/s1. The van der Waals surface area contributed by atoms with Gasteiger partial charge in [0.15, 0.2) is 0 Å². The van der Waals surface area contributed by atoms with Crippen LogP contribution in [-0.4, -0.2) is 68.5 Å². The maximum Gasteiger partial charge on any atom is 0.326 e. The van der Waals surface area contributed by atoms with Crippen molar-refractivity contribution in [2.45, 2.75) is 102 Å². The van der Waals surface area contributed by atoms with Gasteiger partial charge >= 0.3 is 17.9 Å². The summed E-state index contributed by atoms with van der Waals surface area (Å²) in [6.45, 7) is 2.18. The number of nitrogens with two attached hydrogens (primary N) is 1. The lowest BCUT2D eigenvalue weighted by Gasteiger charge is -2.15. The SMILES string of the molecule is CCCCCCCCCCCC(=O)N[C@H](CCC(=O)C[C@H](CSC[C@H](N)C(=O)O)C(=O)O)C(=O)O. The number of carbonyl (C=O) groups is 5. The first kappa shape index (κ1) is 32.9. The van der Waals surface area contributed by atoms with E-state index in [2.05, 4.69) is 12.2 Å². The van der Waals surface area contributed by atoms with Crippen molar-refractivity contribution in [3.63, 3.8) is 0 Å². The molecule has 10 nitrogen and oxygen atoms in total. The second-order valence-corrected chi connectivity index (χ2v) is 9.91. The zero-order valence-corrected chi connectivity index (χ0v) is 21.5. The number of rotatable bonds is 23. The number of carboxylic acid groups (broad SMARTS) is 3. The van der Waals surface area contributed by atoms with Gasteiger partial charge in [0, 0.05) is 30.8 Å². The number of hydrogen-bond acceptors (Lipinski definition) is 7. The minimum absolute atomic E-state index is 0.0133. The Bertz CT molecular complexity index is 674. The van der Waals surface area contributed by atoms with E-state index in [0.717, 1.165) is 31.0 Å². The number of carboxylic acids is 3. The Morgan fingerprint density at radius 3 is 1.86 bits per heavy atom. The molecule has 0 fully saturated rings. The summed E-state index contributed by atoms with van der Waals surface area (Å²) in [6.07, 6.45) is 9.54. The van der Waals surface area contributed by atoms with Gasteiger partial charge < -0.3 is 26.4 Å². The van der Waals surface area contributed by atoms with Crippen LogP contribution in [-0.2, 0) is 24.0 Å². The van der Waals surface area contributed by atoms with Crippen molar-refractivity contribution in [1.29, 1.82) is 0 Å². The van der Waals surface area contributed by atoms with Crippen LogP contribution in [0.2, 0.25) is 0 Å². The van der Waals surface area contributed by atoms with Gasteiger partial charge in [-0.25, -0.2) is 4.79 Å². The molecule has 0 bridgehead atoms. The van der Waals surface area contributed by atoms with Gasteiger partial charge in [-0.2, -0.15) is 11.8 Å². The lowest BCUT2D eigenvalue weighted by molar-refractivity contribution is -0.143. The first-order valence-corrected chi connectivity index (χ1v) is 13.6. The summed E-state index contributed by atoms with van der Waals surface area (Å²) in [6, 6.07) is -2.34. The van der Waals surface area contributed by atoms with Crippen molar-refractivity contribution in [1.82, 2.24) is 5.32 Å². The molecule has 0 rings (SSSR count). The van der Waals surface area contributed by atoms with E-state index in [-0.39, 0.29) is 43.1 Å². The largest absolute Gasteiger partial charge is 0.481 e. The number of hydrogen-bond donors (Lipinski definition) is 5. The van der Waals surface area contributed by atoms with Crippen molar-refractivity contribution < 1.29 is 39.3 Å². The minimum atomic E-state index is -1.24. The molecule has 202 valence electrons. The maximum absolute atomic E-state index is 12.2. The van der Waals surface area contributed by atoms with E-state index in [1.165, 1.54) is 32.1 Å². The Balaban J connectivity index is 4.28. The number of ketones is 1. The van der Waals surface area contributed by atoms with Crippen molar-refractivity contribution >= 4 is 41.4 Å². The van der Waals surface area contributed by atoms with Crippen LogP contribution in [0, 0.1) is 5.92 Å². The van der Waals surface area contributed by atoms with Gasteiger partial charge in [-0.05, 0) is 12.8 Å². The Morgan fingerprint density at radius 2 is 1.34 bits per heavy atom. The highest BCUT2D eigenvalue weighted by atomic mass is 32.2. The molecule has 0 aliphatic heterocycles. The smallest absolute Gasteiger partial charge is 0.326 e.